The normalized spacial score (nSPS) is 14.4. The minimum atomic E-state index is -0.0419. The van der Waals surface area contributed by atoms with E-state index < -0.39 is 0 Å². The van der Waals surface area contributed by atoms with Crippen molar-refractivity contribution in [3.63, 3.8) is 0 Å². The number of carbonyl (C=O) groups excluding carboxylic acids is 1. The molecule has 30 heavy (non-hydrogen) atoms. The van der Waals surface area contributed by atoms with Gasteiger partial charge in [0, 0.05) is 18.0 Å². The van der Waals surface area contributed by atoms with Gasteiger partial charge in [0.1, 0.15) is 4.83 Å². The number of carbonyl (C=O) groups is 1. The molecule has 3 heterocycles. The van der Waals surface area contributed by atoms with Crippen molar-refractivity contribution in [1.82, 2.24) is 14.5 Å². The van der Waals surface area contributed by atoms with Gasteiger partial charge in [-0.1, -0.05) is 30.8 Å². The Morgan fingerprint density at radius 3 is 2.67 bits per heavy atom. The lowest BCUT2D eigenvalue weighted by Crippen LogP contribution is -2.36. The summed E-state index contributed by atoms with van der Waals surface area (Å²) in [7, 11) is 0. The van der Waals surface area contributed by atoms with Gasteiger partial charge < -0.3 is 4.90 Å². The molecular weight excluding hydrogens is 414 g/mol. The molecule has 158 valence electrons. The largest absolute Gasteiger partial charge is 0.342 e. The third-order valence-corrected chi connectivity index (χ3v) is 7.61. The van der Waals surface area contributed by atoms with E-state index in [0.29, 0.717) is 16.3 Å². The molecule has 0 unspecified atom stereocenters. The number of piperidine rings is 1. The molecule has 4 rings (SSSR count). The molecule has 0 bridgehead atoms. The molecule has 0 spiro atoms. The van der Waals surface area contributed by atoms with E-state index in [4.69, 9.17) is 4.98 Å². The van der Waals surface area contributed by atoms with Crippen molar-refractivity contribution in [1.29, 1.82) is 0 Å². The Bertz CT molecular complexity index is 1140. The Morgan fingerprint density at radius 1 is 1.20 bits per heavy atom. The van der Waals surface area contributed by atoms with Crippen LogP contribution in [0.2, 0.25) is 0 Å². The van der Waals surface area contributed by atoms with Crippen LogP contribution in [0.5, 0.6) is 0 Å². The van der Waals surface area contributed by atoms with Gasteiger partial charge in [-0.3, -0.25) is 14.2 Å². The van der Waals surface area contributed by atoms with Crippen LogP contribution in [-0.2, 0) is 11.2 Å². The number of thiophene rings is 1. The van der Waals surface area contributed by atoms with Gasteiger partial charge in [0.05, 0.1) is 16.8 Å². The van der Waals surface area contributed by atoms with Gasteiger partial charge in [0.15, 0.2) is 5.16 Å². The zero-order chi connectivity index (χ0) is 21.3. The van der Waals surface area contributed by atoms with Gasteiger partial charge in [-0.2, -0.15) is 0 Å². The molecule has 0 aliphatic carbocycles. The van der Waals surface area contributed by atoms with Gasteiger partial charge >= 0.3 is 0 Å². The molecule has 1 aromatic carbocycles. The van der Waals surface area contributed by atoms with E-state index in [2.05, 4.69) is 6.92 Å². The molecule has 1 aliphatic rings. The van der Waals surface area contributed by atoms with Crippen molar-refractivity contribution in [2.45, 2.75) is 51.6 Å². The smallest absolute Gasteiger partial charge is 0.267 e. The molecule has 0 N–H and O–H groups in total. The Morgan fingerprint density at radius 2 is 1.97 bits per heavy atom. The summed E-state index contributed by atoms with van der Waals surface area (Å²) in [4.78, 5) is 35.0. The maximum Gasteiger partial charge on any atom is 0.267 e. The molecule has 5 nitrogen and oxygen atoms in total. The highest BCUT2D eigenvalue weighted by atomic mass is 32.2. The summed E-state index contributed by atoms with van der Waals surface area (Å²) in [5.41, 5.74) is 2.92. The maximum absolute atomic E-state index is 13.6. The zero-order valence-electron chi connectivity index (χ0n) is 17.7. The topological polar surface area (TPSA) is 55.2 Å². The number of likely N-dealkylation sites (tertiary alicyclic amines) is 1. The van der Waals surface area contributed by atoms with Crippen LogP contribution in [-0.4, -0.2) is 39.2 Å². The van der Waals surface area contributed by atoms with E-state index in [1.807, 2.05) is 43.0 Å². The van der Waals surface area contributed by atoms with Crippen molar-refractivity contribution < 1.29 is 4.79 Å². The molecular formula is C23H27N3O2S2. The molecule has 1 aliphatic heterocycles. The third-order valence-electron chi connectivity index (χ3n) is 5.64. The number of hydrogen-bond acceptors (Lipinski definition) is 5. The van der Waals surface area contributed by atoms with Crippen LogP contribution in [0, 0.1) is 13.8 Å². The Labute approximate surface area is 185 Å². The maximum atomic E-state index is 13.6. The van der Waals surface area contributed by atoms with Gasteiger partial charge in [-0.15, -0.1) is 11.3 Å². The first-order valence-corrected chi connectivity index (χ1v) is 12.3. The summed E-state index contributed by atoms with van der Waals surface area (Å²) in [5, 5.41) is 1.31. The standard InChI is InChI=1S/C23H27N3O2S2/c1-4-18-16(3)30-21-20(18)22(28)26(17-10-8-9-15(2)13-17)23(24-21)29-14-19(27)25-11-6-5-7-12-25/h8-10,13H,4-7,11-12,14H2,1-3H3. The minimum Gasteiger partial charge on any atom is -0.342 e. The van der Waals surface area contributed by atoms with E-state index in [9.17, 15) is 9.59 Å². The molecule has 1 saturated heterocycles. The van der Waals surface area contributed by atoms with Gasteiger partial charge in [0.2, 0.25) is 5.91 Å². The fourth-order valence-electron chi connectivity index (χ4n) is 4.08. The van der Waals surface area contributed by atoms with Crippen LogP contribution in [0.1, 0.15) is 42.2 Å². The zero-order valence-corrected chi connectivity index (χ0v) is 19.4. The second-order valence-electron chi connectivity index (χ2n) is 7.77. The third kappa shape index (κ3) is 4.05. The molecule has 7 heteroatoms. The molecule has 2 aromatic heterocycles. The minimum absolute atomic E-state index is 0.0419. The molecule has 0 atom stereocenters. The van der Waals surface area contributed by atoms with Crippen LogP contribution in [0.3, 0.4) is 0 Å². The van der Waals surface area contributed by atoms with Crippen molar-refractivity contribution in [3.05, 3.63) is 50.6 Å². The van der Waals surface area contributed by atoms with E-state index in [1.54, 1.807) is 15.9 Å². The number of aromatic nitrogens is 2. The number of rotatable bonds is 5. The van der Waals surface area contributed by atoms with Crippen LogP contribution in [0.25, 0.3) is 15.9 Å². The number of thioether (sulfide) groups is 1. The van der Waals surface area contributed by atoms with Gasteiger partial charge in [-0.05, 0) is 62.8 Å². The van der Waals surface area contributed by atoms with Crippen molar-refractivity contribution in [2.75, 3.05) is 18.8 Å². The predicted octanol–water partition coefficient (Wildman–Crippen LogP) is 4.73. The van der Waals surface area contributed by atoms with E-state index >= 15 is 0 Å². The Hall–Kier alpha value is -2.12. The lowest BCUT2D eigenvalue weighted by atomic mass is 10.1. The SMILES string of the molecule is CCc1c(C)sc2nc(SCC(=O)N3CCCCC3)n(-c3cccc(C)c3)c(=O)c12. The summed E-state index contributed by atoms with van der Waals surface area (Å²) >= 11 is 2.94. The number of benzene rings is 1. The number of nitrogens with zero attached hydrogens (tertiary/aromatic N) is 3. The van der Waals surface area contributed by atoms with Crippen molar-refractivity contribution in [2.24, 2.45) is 0 Å². The highest BCUT2D eigenvalue weighted by molar-refractivity contribution is 7.99. The molecule has 0 radical (unpaired) electrons. The number of hydrogen-bond donors (Lipinski definition) is 0. The predicted molar refractivity (Wildman–Crippen MR) is 125 cm³/mol. The number of fused-ring (bicyclic) bond motifs is 1. The van der Waals surface area contributed by atoms with Crippen LogP contribution in [0.4, 0.5) is 0 Å². The van der Waals surface area contributed by atoms with E-state index in [0.717, 1.165) is 58.9 Å². The number of amides is 1. The lowest BCUT2D eigenvalue weighted by Gasteiger charge is -2.26. The Balaban J connectivity index is 1.78. The Kier molecular flexibility index (Phi) is 6.29. The first-order valence-electron chi connectivity index (χ1n) is 10.5. The first kappa shape index (κ1) is 21.1. The van der Waals surface area contributed by atoms with Crippen molar-refractivity contribution >= 4 is 39.2 Å². The average molecular weight is 442 g/mol. The lowest BCUT2D eigenvalue weighted by molar-refractivity contribution is -0.129. The highest BCUT2D eigenvalue weighted by Crippen LogP contribution is 2.30. The number of aryl methyl sites for hydroxylation is 3. The average Bonchev–Trinajstić information content (AvgIpc) is 3.07. The summed E-state index contributed by atoms with van der Waals surface area (Å²) in [6.45, 7) is 7.81. The molecule has 1 fully saturated rings. The highest BCUT2D eigenvalue weighted by Gasteiger charge is 2.21. The monoisotopic (exact) mass is 441 g/mol. The molecule has 0 saturated carbocycles. The quantitative estimate of drug-likeness (QED) is 0.424. The summed E-state index contributed by atoms with van der Waals surface area (Å²) in [6.07, 6.45) is 4.14. The van der Waals surface area contributed by atoms with Gasteiger partial charge in [0.25, 0.3) is 5.56 Å². The summed E-state index contributed by atoms with van der Waals surface area (Å²) < 4.78 is 1.69. The first-order chi connectivity index (χ1) is 14.5. The fourth-order valence-corrected chi connectivity index (χ4v) is 6.15. The van der Waals surface area contributed by atoms with Crippen LogP contribution >= 0.6 is 23.1 Å². The van der Waals surface area contributed by atoms with Crippen molar-refractivity contribution in [3.8, 4) is 5.69 Å². The van der Waals surface area contributed by atoms with Crippen LogP contribution in [0.15, 0.2) is 34.2 Å². The summed E-state index contributed by atoms with van der Waals surface area (Å²) in [6, 6.07) is 7.90. The van der Waals surface area contributed by atoms with Gasteiger partial charge in [-0.25, -0.2) is 4.98 Å². The molecule has 1 amide bonds. The van der Waals surface area contributed by atoms with E-state index in [-0.39, 0.29) is 11.5 Å². The van der Waals surface area contributed by atoms with E-state index in [1.165, 1.54) is 18.2 Å². The second-order valence-corrected chi connectivity index (χ2v) is 9.92. The summed E-state index contributed by atoms with van der Waals surface area (Å²) in [5.74, 6) is 0.427. The fraction of sp³-hybridized carbons (Fsp3) is 0.435. The second kappa shape index (κ2) is 8.94. The van der Waals surface area contributed by atoms with Crippen LogP contribution < -0.4 is 5.56 Å². The molecule has 3 aromatic rings.